The van der Waals surface area contributed by atoms with Gasteiger partial charge in [-0.3, -0.25) is 4.55 Å². The van der Waals surface area contributed by atoms with Gasteiger partial charge in [-0.25, -0.2) is 0 Å². The molecule has 0 amide bonds. The Morgan fingerprint density at radius 3 is 2.26 bits per heavy atom. The molecule has 1 aromatic carbocycles. The Morgan fingerprint density at radius 1 is 0.963 bits per heavy atom. The fourth-order valence-corrected chi connectivity index (χ4v) is 3.52. The van der Waals surface area contributed by atoms with Crippen LogP contribution < -0.4 is 4.74 Å². The molecule has 1 aromatic rings. The predicted octanol–water partition coefficient (Wildman–Crippen LogP) is 4.58. The minimum absolute atomic E-state index is 0.0481. The van der Waals surface area contributed by atoms with Crippen LogP contribution in [0.5, 0.6) is 5.75 Å². The van der Waals surface area contributed by atoms with Gasteiger partial charge in [0.2, 0.25) is 0 Å². The highest BCUT2D eigenvalue weighted by Gasteiger charge is 2.48. The Morgan fingerprint density at radius 2 is 1.63 bits per heavy atom. The Kier molecular flexibility index (Phi) is 10.9. The fourth-order valence-electron chi connectivity index (χ4n) is 2.82. The van der Waals surface area contributed by atoms with Crippen molar-refractivity contribution in [2.45, 2.75) is 70.8 Å². The van der Waals surface area contributed by atoms with Gasteiger partial charge in [0, 0.05) is 13.2 Å². The van der Waals surface area contributed by atoms with Crippen LogP contribution in [-0.4, -0.2) is 37.9 Å². The van der Waals surface area contributed by atoms with E-state index in [0.29, 0.717) is 5.75 Å². The second-order valence-electron chi connectivity index (χ2n) is 6.46. The smallest absolute Gasteiger partial charge is 0.364 e. The summed E-state index contributed by atoms with van der Waals surface area (Å²) in [7, 11) is -4.68. The third-order valence-electron chi connectivity index (χ3n) is 4.28. The number of ether oxygens (including phenoxy) is 3. The first-order chi connectivity index (χ1) is 12.9. The molecule has 1 unspecified atom stereocenters. The van der Waals surface area contributed by atoms with E-state index in [1.54, 1.807) is 26.0 Å². The third kappa shape index (κ3) is 7.78. The molecule has 1 N–H and O–H groups in total. The van der Waals surface area contributed by atoms with Gasteiger partial charge in [0.25, 0.3) is 0 Å². The van der Waals surface area contributed by atoms with Gasteiger partial charge in [-0.15, -0.1) is 0 Å². The van der Waals surface area contributed by atoms with Gasteiger partial charge in [-0.2, -0.15) is 8.42 Å². The molecule has 0 fully saturated rings. The molecule has 7 heteroatoms. The molecule has 27 heavy (non-hydrogen) atoms. The molecule has 0 aliphatic carbocycles. The van der Waals surface area contributed by atoms with Gasteiger partial charge in [0.1, 0.15) is 12.4 Å². The molecule has 0 aliphatic rings. The Labute approximate surface area is 164 Å². The second kappa shape index (κ2) is 12.3. The van der Waals surface area contributed by atoms with E-state index >= 15 is 0 Å². The molecular weight excluding hydrogens is 368 g/mol. The highest BCUT2D eigenvalue weighted by molar-refractivity contribution is 7.87. The van der Waals surface area contributed by atoms with Crippen LogP contribution in [0.4, 0.5) is 0 Å². The fraction of sp³-hybridized carbons (Fsp3) is 0.700. The number of hydrogen-bond donors (Lipinski definition) is 1. The maximum absolute atomic E-state index is 12.1. The minimum Gasteiger partial charge on any atom is -0.445 e. The SMILES string of the molecule is CCCCCCCCc1ccccc1OC(COCC)(OCC)S(=O)(=O)O. The van der Waals surface area contributed by atoms with Gasteiger partial charge in [0.15, 0.2) is 0 Å². The van der Waals surface area contributed by atoms with E-state index in [0.717, 1.165) is 24.8 Å². The lowest BCUT2D eigenvalue weighted by Gasteiger charge is -2.31. The van der Waals surface area contributed by atoms with Gasteiger partial charge in [-0.05, 0) is 38.3 Å². The Balaban J connectivity index is 2.92. The highest BCUT2D eigenvalue weighted by atomic mass is 32.2. The normalized spacial score (nSPS) is 14.1. The molecular formula is C20H34O6S. The number of benzene rings is 1. The van der Waals surface area contributed by atoms with Crippen LogP contribution >= 0.6 is 0 Å². The molecule has 0 bridgehead atoms. The summed E-state index contributed by atoms with van der Waals surface area (Å²) in [5, 5.41) is -2.27. The molecule has 0 saturated carbocycles. The van der Waals surface area contributed by atoms with Crippen molar-refractivity contribution in [3.05, 3.63) is 29.8 Å². The van der Waals surface area contributed by atoms with Gasteiger partial charge in [0.05, 0.1) is 0 Å². The zero-order valence-corrected chi connectivity index (χ0v) is 17.6. The molecule has 156 valence electrons. The van der Waals surface area contributed by atoms with Crippen LogP contribution in [0, 0.1) is 0 Å². The summed E-state index contributed by atoms with van der Waals surface area (Å²) >= 11 is 0. The first kappa shape index (κ1) is 23.9. The Bertz CT molecular complexity index is 631. The van der Waals surface area contributed by atoms with Gasteiger partial charge >= 0.3 is 15.2 Å². The van der Waals surface area contributed by atoms with Crippen LogP contribution in [0.25, 0.3) is 0 Å². The number of aryl methyl sites for hydroxylation is 1. The molecule has 0 heterocycles. The summed E-state index contributed by atoms with van der Waals surface area (Å²) in [6.07, 6.45) is 7.76. The summed E-state index contributed by atoms with van der Waals surface area (Å²) < 4.78 is 50.2. The van der Waals surface area contributed by atoms with Gasteiger partial charge < -0.3 is 14.2 Å². The van der Waals surface area contributed by atoms with E-state index in [-0.39, 0.29) is 13.2 Å². The van der Waals surface area contributed by atoms with E-state index in [4.69, 9.17) is 14.2 Å². The first-order valence-corrected chi connectivity index (χ1v) is 11.3. The molecule has 0 spiro atoms. The Hall–Kier alpha value is -1.15. The van der Waals surface area contributed by atoms with Crippen LogP contribution in [0.1, 0.15) is 64.9 Å². The van der Waals surface area contributed by atoms with Crippen LogP contribution in [0.2, 0.25) is 0 Å². The predicted molar refractivity (Wildman–Crippen MR) is 107 cm³/mol. The second-order valence-corrected chi connectivity index (χ2v) is 8.03. The van der Waals surface area contributed by atoms with Crippen molar-refractivity contribution < 1.29 is 27.2 Å². The van der Waals surface area contributed by atoms with Crippen LogP contribution in [0.3, 0.4) is 0 Å². The lowest BCUT2D eigenvalue weighted by molar-refractivity contribution is -0.155. The average Bonchev–Trinajstić information content (AvgIpc) is 2.63. The van der Waals surface area contributed by atoms with Crippen LogP contribution in [-0.2, 0) is 26.0 Å². The maximum atomic E-state index is 12.1. The van der Waals surface area contributed by atoms with E-state index in [1.807, 2.05) is 12.1 Å². The number of para-hydroxylation sites is 1. The largest absolute Gasteiger partial charge is 0.445 e. The third-order valence-corrected chi connectivity index (χ3v) is 5.38. The van der Waals surface area contributed by atoms with Crippen molar-refractivity contribution in [3.8, 4) is 5.75 Å². The zero-order valence-electron chi connectivity index (χ0n) is 16.8. The average molecular weight is 403 g/mol. The molecule has 0 radical (unpaired) electrons. The summed E-state index contributed by atoms with van der Waals surface area (Å²) in [5.41, 5.74) is 0.886. The maximum Gasteiger partial charge on any atom is 0.364 e. The van der Waals surface area contributed by atoms with Crippen molar-refractivity contribution in [2.24, 2.45) is 0 Å². The lowest BCUT2D eigenvalue weighted by Crippen LogP contribution is -2.51. The molecule has 0 aliphatic heterocycles. The van der Waals surface area contributed by atoms with Crippen molar-refractivity contribution in [3.63, 3.8) is 0 Å². The minimum atomic E-state index is -4.68. The zero-order chi connectivity index (χ0) is 20.2. The van der Waals surface area contributed by atoms with E-state index in [9.17, 15) is 13.0 Å². The summed E-state index contributed by atoms with van der Waals surface area (Å²) in [4.78, 5) is 0. The first-order valence-electron chi connectivity index (χ1n) is 9.85. The van der Waals surface area contributed by atoms with Crippen molar-refractivity contribution in [2.75, 3.05) is 19.8 Å². The monoisotopic (exact) mass is 402 g/mol. The molecule has 0 saturated heterocycles. The molecule has 1 rings (SSSR count). The molecule has 0 aromatic heterocycles. The summed E-state index contributed by atoms with van der Waals surface area (Å²) in [6.45, 7) is 5.46. The van der Waals surface area contributed by atoms with E-state index < -0.39 is 21.8 Å². The van der Waals surface area contributed by atoms with E-state index in [2.05, 4.69) is 6.92 Å². The summed E-state index contributed by atoms with van der Waals surface area (Å²) in [6, 6.07) is 7.25. The number of rotatable bonds is 15. The standard InChI is InChI=1S/C20H34O6S/c1-4-7-8-9-10-11-14-18-15-12-13-16-19(18)26-20(25-6-3,17-24-5-2)27(21,22)23/h12-13,15-16H,4-11,14,17H2,1-3H3,(H,21,22,23). The summed E-state index contributed by atoms with van der Waals surface area (Å²) in [5.74, 6) is 0.386. The molecule has 6 nitrogen and oxygen atoms in total. The number of hydrogen-bond acceptors (Lipinski definition) is 5. The van der Waals surface area contributed by atoms with Crippen molar-refractivity contribution in [1.82, 2.24) is 0 Å². The quantitative estimate of drug-likeness (QED) is 0.263. The lowest BCUT2D eigenvalue weighted by atomic mass is 10.0. The molecule has 1 atom stereocenters. The van der Waals surface area contributed by atoms with Gasteiger partial charge in [-0.1, -0.05) is 57.2 Å². The topological polar surface area (TPSA) is 82.1 Å². The highest BCUT2D eigenvalue weighted by Crippen LogP contribution is 2.29. The number of unbranched alkanes of at least 4 members (excludes halogenated alkanes) is 5. The van der Waals surface area contributed by atoms with E-state index in [1.165, 1.54) is 25.7 Å². The van der Waals surface area contributed by atoms with Crippen molar-refractivity contribution in [1.29, 1.82) is 0 Å². The van der Waals surface area contributed by atoms with Crippen molar-refractivity contribution >= 4 is 10.1 Å². The van der Waals surface area contributed by atoms with Crippen LogP contribution in [0.15, 0.2) is 24.3 Å².